The van der Waals surface area contributed by atoms with Crippen molar-refractivity contribution in [3.05, 3.63) is 72.8 Å². The number of benzene rings is 4. The minimum atomic E-state index is 0.997. The van der Waals surface area contributed by atoms with E-state index in [1.165, 1.54) is 32.7 Å². The van der Waals surface area contributed by atoms with Crippen LogP contribution < -0.4 is 4.90 Å². The number of hydrogen-bond acceptors (Lipinski definition) is 2. The third kappa shape index (κ3) is 2.32. The zero-order valence-electron chi connectivity index (χ0n) is 15.8. The highest BCUT2D eigenvalue weighted by Gasteiger charge is 2.16. The molecule has 0 bridgehead atoms. The monoisotopic (exact) mass is 351 g/mol. The van der Waals surface area contributed by atoms with Crippen LogP contribution in [0.3, 0.4) is 0 Å². The first-order valence-electron chi connectivity index (χ1n) is 9.19. The molecule has 0 saturated heterocycles. The van der Waals surface area contributed by atoms with Gasteiger partial charge >= 0.3 is 0 Å². The van der Waals surface area contributed by atoms with Gasteiger partial charge in [-0.2, -0.15) is 0 Å². The van der Waals surface area contributed by atoms with Gasteiger partial charge in [0, 0.05) is 43.2 Å². The quantitative estimate of drug-likeness (QED) is 0.385. The molecule has 3 heteroatoms. The summed E-state index contributed by atoms with van der Waals surface area (Å²) in [7, 11) is 6.23. The molecule has 132 valence electrons. The van der Waals surface area contributed by atoms with E-state index in [0.717, 1.165) is 16.9 Å². The van der Waals surface area contributed by atoms with Crippen molar-refractivity contribution in [2.45, 2.75) is 0 Å². The van der Waals surface area contributed by atoms with E-state index in [2.05, 4.69) is 103 Å². The van der Waals surface area contributed by atoms with E-state index in [0.29, 0.717) is 0 Å². The highest BCUT2D eigenvalue weighted by Crippen LogP contribution is 2.36. The molecule has 0 aliphatic carbocycles. The lowest BCUT2D eigenvalue weighted by atomic mass is 10.00. The van der Waals surface area contributed by atoms with E-state index in [9.17, 15) is 0 Å². The first-order valence-corrected chi connectivity index (χ1v) is 9.19. The van der Waals surface area contributed by atoms with Crippen LogP contribution in [0.2, 0.25) is 0 Å². The molecule has 1 heterocycles. The van der Waals surface area contributed by atoms with Crippen LogP contribution in [-0.4, -0.2) is 23.6 Å². The second kappa shape index (κ2) is 5.85. The predicted molar refractivity (Wildman–Crippen MR) is 115 cm³/mol. The number of nitrogens with zero attached hydrogens (tertiary/aromatic N) is 3. The van der Waals surface area contributed by atoms with Gasteiger partial charge in [-0.1, -0.05) is 48.5 Å². The lowest BCUT2D eigenvalue weighted by molar-refractivity contribution is 0.962. The lowest BCUT2D eigenvalue weighted by Gasteiger charge is -2.12. The highest BCUT2D eigenvalue weighted by molar-refractivity contribution is 6.23. The average molecular weight is 351 g/mol. The van der Waals surface area contributed by atoms with Gasteiger partial charge in [0.1, 0.15) is 5.82 Å². The Kier molecular flexibility index (Phi) is 3.44. The topological polar surface area (TPSA) is 21.1 Å². The van der Waals surface area contributed by atoms with Gasteiger partial charge in [0.25, 0.3) is 0 Å². The van der Waals surface area contributed by atoms with E-state index >= 15 is 0 Å². The van der Waals surface area contributed by atoms with Gasteiger partial charge in [-0.25, -0.2) is 4.98 Å². The Hall–Kier alpha value is -3.33. The third-order valence-electron chi connectivity index (χ3n) is 5.39. The number of aromatic nitrogens is 2. The summed E-state index contributed by atoms with van der Waals surface area (Å²) < 4.78 is 2.23. The second-order valence-corrected chi connectivity index (χ2v) is 7.22. The van der Waals surface area contributed by atoms with Crippen LogP contribution in [0.25, 0.3) is 44.0 Å². The number of anilines is 1. The van der Waals surface area contributed by atoms with Gasteiger partial charge < -0.3 is 9.47 Å². The maximum atomic E-state index is 5.08. The summed E-state index contributed by atoms with van der Waals surface area (Å²) in [5.74, 6) is 0.997. The van der Waals surface area contributed by atoms with Crippen LogP contribution in [0.5, 0.6) is 0 Å². The molecule has 27 heavy (non-hydrogen) atoms. The Bertz CT molecular complexity index is 1290. The van der Waals surface area contributed by atoms with Gasteiger partial charge in [-0.3, -0.25) is 0 Å². The summed E-state index contributed by atoms with van der Waals surface area (Å²) in [5, 5.41) is 4.99. The minimum absolute atomic E-state index is 0.997. The highest BCUT2D eigenvalue weighted by atomic mass is 15.1. The van der Waals surface area contributed by atoms with Crippen molar-refractivity contribution in [2.75, 3.05) is 19.0 Å². The van der Waals surface area contributed by atoms with Gasteiger partial charge in [0.2, 0.25) is 0 Å². The van der Waals surface area contributed by atoms with Crippen LogP contribution >= 0.6 is 0 Å². The molecule has 0 atom stereocenters. The van der Waals surface area contributed by atoms with Crippen molar-refractivity contribution in [2.24, 2.45) is 7.05 Å². The zero-order chi connectivity index (χ0) is 18.5. The fourth-order valence-corrected chi connectivity index (χ4v) is 4.01. The average Bonchev–Trinajstić information content (AvgIpc) is 3.06. The lowest BCUT2D eigenvalue weighted by Crippen LogP contribution is -2.08. The van der Waals surface area contributed by atoms with Crippen molar-refractivity contribution in [1.82, 2.24) is 9.55 Å². The Morgan fingerprint density at radius 3 is 1.89 bits per heavy atom. The van der Waals surface area contributed by atoms with Crippen LogP contribution in [0.4, 0.5) is 5.69 Å². The summed E-state index contributed by atoms with van der Waals surface area (Å²) in [4.78, 5) is 7.20. The number of hydrogen-bond donors (Lipinski definition) is 0. The SMILES string of the molecule is CN(C)c1ccc(-c2nc3c4ccccc4c4ccccc4c3n2C)cc1. The third-order valence-corrected chi connectivity index (χ3v) is 5.39. The zero-order valence-corrected chi connectivity index (χ0v) is 15.8. The maximum Gasteiger partial charge on any atom is 0.140 e. The molecule has 0 fully saturated rings. The fourth-order valence-electron chi connectivity index (χ4n) is 4.01. The van der Waals surface area contributed by atoms with Crippen LogP contribution in [0.15, 0.2) is 72.8 Å². The first-order chi connectivity index (χ1) is 13.1. The molecule has 1 aromatic heterocycles. The molecule has 0 radical (unpaired) electrons. The van der Waals surface area contributed by atoms with E-state index < -0.39 is 0 Å². The molecule has 0 unspecified atom stereocenters. The fraction of sp³-hybridized carbons (Fsp3) is 0.125. The molecular formula is C24H21N3. The van der Waals surface area contributed by atoms with E-state index in [1.807, 2.05) is 0 Å². The largest absolute Gasteiger partial charge is 0.378 e. The van der Waals surface area contributed by atoms with Crippen molar-refractivity contribution in [3.63, 3.8) is 0 Å². The first kappa shape index (κ1) is 15.9. The van der Waals surface area contributed by atoms with E-state index in [-0.39, 0.29) is 0 Å². The molecule has 5 rings (SSSR count). The van der Waals surface area contributed by atoms with Gasteiger partial charge in [-0.05, 0) is 35.0 Å². The van der Waals surface area contributed by atoms with Crippen molar-refractivity contribution < 1.29 is 0 Å². The smallest absolute Gasteiger partial charge is 0.140 e. The second-order valence-electron chi connectivity index (χ2n) is 7.22. The number of aryl methyl sites for hydroxylation is 1. The molecule has 4 aromatic carbocycles. The molecule has 0 amide bonds. The van der Waals surface area contributed by atoms with Gasteiger partial charge in [0.05, 0.1) is 11.0 Å². The van der Waals surface area contributed by atoms with Crippen LogP contribution in [-0.2, 0) is 7.05 Å². The summed E-state index contributed by atoms with van der Waals surface area (Å²) in [6.45, 7) is 0. The molecule has 0 N–H and O–H groups in total. The normalized spacial score (nSPS) is 11.5. The molecule has 0 aliphatic rings. The van der Waals surface area contributed by atoms with Crippen molar-refractivity contribution >= 4 is 38.3 Å². The Labute approximate surface area is 158 Å². The summed E-state index contributed by atoms with van der Waals surface area (Å²) in [6, 6.07) is 25.8. The Morgan fingerprint density at radius 2 is 1.26 bits per heavy atom. The van der Waals surface area contributed by atoms with Crippen LogP contribution in [0, 0.1) is 0 Å². The summed E-state index contributed by atoms with van der Waals surface area (Å²) in [6.07, 6.45) is 0. The van der Waals surface area contributed by atoms with Gasteiger partial charge in [0.15, 0.2) is 0 Å². The summed E-state index contributed by atoms with van der Waals surface area (Å²) >= 11 is 0. The Balaban J connectivity index is 1.87. The summed E-state index contributed by atoms with van der Waals surface area (Å²) in [5.41, 5.74) is 4.58. The van der Waals surface area contributed by atoms with Gasteiger partial charge in [-0.15, -0.1) is 0 Å². The Morgan fingerprint density at radius 1 is 0.704 bits per heavy atom. The minimum Gasteiger partial charge on any atom is -0.378 e. The molecular weight excluding hydrogens is 330 g/mol. The molecule has 5 aromatic rings. The van der Waals surface area contributed by atoms with Crippen LogP contribution in [0.1, 0.15) is 0 Å². The maximum absolute atomic E-state index is 5.08. The van der Waals surface area contributed by atoms with Crippen molar-refractivity contribution in [1.29, 1.82) is 0 Å². The van der Waals surface area contributed by atoms with Crippen molar-refractivity contribution in [3.8, 4) is 11.4 Å². The molecule has 0 saturated carbocycles. The number of fused-ring (bicyclic) bond motifs is 6. The number of imidazole rings is 1. The number of rotatable bonds is 2. The standard InChI is InChI=1S/C24H21N3/c1-26(2)17-14-12-16(13-15-17)24-25-22-20-10-6-4-8-18(20)19-9-5-7-11-21(19)23(22)27(24)3/h4-15H,1-3H3. The molecule has 0 spiro atoms. The molecule has 3 nitrogen and oxygen atoms in total. The van der Waals surface area contributed by atoms with E-state index in [1.54, 1.807) is 0 Å². The molecule has 0 aliphatic heterocycles. The predicted octanol–water partition coefficient (Wildman–Crippen LogP) is 5.61. The van der Waals surface area contributed by atoms with E-state index in [4.69, 9.17) is 4.98 Å².